The lowest BCUT2D eigenvalue weighted by Crippen LogP contribution is -2.25. The summed E-state index contributed by atoms with van der Waals surface area (Å²) < 4.78 is 32.6. The molecule has 8 heteroatoms. The van der Waals surface area contributed by atoms with Gasteiger partial charge in [0, 0.05) is 18.1 Å². The molecule has 1 fully saturated rings. The Hall–Kier alpha value is -1.83. The van der Waals surface area contributed by atoms with Gasteiger partial charge in [0.05, 0.1) is 9.77 Å². The van der Waals surface area contributed by atoms with E-state index in [9.17, 15) is 8.42 Å². The van der Waals surface area contributed by atoms with Gasteiger partial charge in [0.2, 0.25) is 26.6 Å². The van der Waals surface area contributed by atoms with E-state index < -0.39 is 9.84 Å². The van der Waals surface area contributed by atoms with E-state index in [1.165, 1.54) is 23.5 Å². The Kier molecular flexibility index (Phi) is 5.25. The SMILES string of the molecule is O=S(=O)(c1ccc(Cl)cc1)c1nc(-c2cccs2)oc1N1CCCCCC1. The van der Waals surface area contributed by atoms with Crippen molar-refractivity contribution in [3.63, 3.8) is 0 Å². The number of rotatable bonds is 4. The van der Waals surface area contributed by atoms with Gasteiger partial charge in [0.15, 0.2) is 0 Å². The van der Waals surface area contributed by atoms with Crippen molar-refractivity contribution < 1.29 is 12.8 Å². The monoisotopic (exact) mass is 422 g/mol. The molecule has 2 aromatic heterocycles. The largest absolute Gasteiger partial charge is 0.418 e. The van der Waals surface area contributed by atoms with E-state index in [1.54, 1.807) is 12.1 Å². The molecule has 1 aliphatic heterocycles. The number of nitrogens with zero attached hydrogens (tertiary/aromatic N) is 2. The van der Waals surface area contributed by atoms with Crippen molar-refractivity contribution in [1.82, 2.24) is 4.98 Å². The van der Waals surface area contributed by atoms with Gasteiger partial charge in [-0.2, -0.15) is 4.98 Å². The maximum Gasteiger partial charge on any atom is 0.240 e. The summed E-state index contributed by atoms with van der Waals surface area (Å²) >= 11 is 7.38. The second-order valence-electron chi connectivity index (χ2n) is 6.47. The first-order valence-electron chi connectivity index (χ1n) is 8.86. The van der Waals surface area contributed by atoms with E-state index >= 15 is 0 Å². The molecular formula is C19H19ClN2O3S2. The van der Waals surface area contributed by atoms with Crippen molar-refractivity contribution in [3.05, 3.63) is 46.8 Å². The number of thiophene rings is 1. The summed E-state index contributed by atoms with van der Waals surface area (Å²) in [6.45, 7) is 1.53. The predicted molar refractivity (Wildman–Crippen MR) is 107 cm³/mol. The van der Waals surface area contributed by atoms with E-state index in [0.29, 0.717) is 16.8 Å². The lowest BCUT2D eigenvalue weighted by Gasteiger charge is -2.20. The van der Waals surface area contributed by atoms with Crippen LogP contribution in [-0.2, 0) is 9.84 Å². The fourth-order valence-corrected chi connectivity index (χ4v) is 5.27. The zero-order chi connectivity index (χ0) is 18.9. The van der Waals surface area contributed by atoms with E-state index in [-0.39, 0.29) is 9.92 Å². The van der Waals surface area contributed by atoms with E-state index in [0.717, 1.165) is 43.6 Å². The maximum atomic E-state index is 13.3. The third-order valence-electron chi connectivity index (χ3n) is 4.58. The molecule has 4 rings (SSSR count). The number of hydrogen-bond acceptors (Lipinski definition) is 6. The zero-order valence-electron chi connectivity index (χ0n) is 14.6. The van der Waals surface area contributed by atoms with E-state index in [4.69, 9.17) is 16.0 Å². The molecule has 0 unspecified atom stereocenters. The van der Waals surface area contributed by atoms with Crippen molar-refractivity contribution in [3.8, 4) is 10.8 Å². The van der Waals surface area contributed by atoms with Crippen molar-refractivity contribution >= 4 is 38.7 Å². The van der Waals surface area contributed by atoms with Gasteiger partial charge in [0.1, 0.15) is 0 Å². The topological polar surface area (TPSA) is 63.4 Å². The quantitative estimate of drug-likeness (QED) is 0.573. The molecule has 3 heterocycles. The molecule has 0 spiro atoms. The van der Waals surface area contributed by atoms with Crippen LogP contribution in [0.5, 0.6) is 0 Å². The van der Waals surface area contributed by atoms with Gasteiger partial charge >= 0.3 is 0 Å². The van der Waals surface area contributed by atoms with Crippen LogP contribution in [0.3, 0.4) is 0 Å². The van der Waals surface area contributed by atoms with Gasteiger partial charge in [-0.1, -0.05) is 30.5 Å². The molecule has 0 saturated carbocycles. The normalized spacial score (nSPS) is 15.7. The van der Waals surface area contributed by atoms with Crippen LogP contribution in [0.25, 0.3) is 10.8 Å². The van der Waals surface area contributed by atoms with Crippen LogP contribution in [0.2, 0.25) is 5.02 Å². The summed E-state index contributed by atoms with van der Waals surface area (Å²) in [6, 6.07) is 9.91. The number of aromatic nitrogens is 1. The lowest BCUT2D eigenvalue weighted by atomic mass is 10.2. The highest BCUT2D eigenvalue weighted by atomic mass is 35.5. The summed E-state index contributed by atoms with van der Waals surface area (Å²) in [5.41, 5.74) is 0. The average Bonchev–Trinajstić information content (AvgIpc) is 3.27. The summed E-state index contributed by atoms with van der Waals surface area (Å²) in [5.74, 6) is 0.687. The van der Waals surface area contributed by atoms with Crippen LogP contribution >= 0.6 is 22.9 Å². The molecule has 0 amide bonds. The van der Waals surface area contributed by atoms with Crippen LogP contribution in [-0.4, -0.2) is 26.5 Å². The molecule has 1 aliphatic rings. The number of anilines is 1. The minimum absolute atomic E-state index is 0.0184. The Morgan fingerprint density at radius 2 is 1.74 bits per heavy atom. The summed E-state index contributed by atoms with van der Waals surface area (Å²) in [4.78, 5) is 7.39. The van der Waals surface area contributed by atoms with Gasteiger partial charge < -0.3 is 9.32 Å². The van der Waals surface area contributed by atoms with Crippen molar-refractivity contribution in [2.45, 2.75) is 35.6 Å². The Balaban J connectivity index is 1.83. The van der Waals surface area contributed by atoms with Gasteiger partial charge in [-0.15, -0.1) is 11.3 Å². The molecule has 0 radical (unpaired) electrons. The first kappa shape index (κ1) is 18.5. The van der Waals surface area contributed by atoms with Crippen LogP contribution in [0, 0.1) is 0 Å². The fraction of sp³-hybridized carbons (Fsp3) is 0.316. The minimum atomic E-state index is -3.82. The van der Waals surface area contributed by atoms with Crippen LogP contribution in [0.1, 0.15) is 25.7 Å². The Morgan fingerprint density at radius 1 is 1.04 bits per heavy atom. The number of oxazole rings is 1. The Bertz CT molecular complexity index is 1000. The van der Waals surface area contributed by atoms with E-state index in [2.05, 4.69) is 4.98 Å². The predicted octanol–water partition coefficient (Wildman–Crippen LogP) is 5.27. The Morgan fingerprint density at radius 3 is 2.37 bits per heavy atom. The number of sulfone groups is 1. The molecule has 1 aromatic carbocycles. The molecular weight excluding hydrogens is 404 g/mol. The Labute approximate surface area is 167 Å². The first-order chi connectivity index (χ1) is 13.1. The number of halogens is 1. The lowest BCUT2D eigenvalue weighted by molar-refractivity contribution is 0.544. The summed E-state index contributed by atoms with van der Waals surface area (Å²) in [7, 11) is -3.82. The first-order valence-corrected chi connectivity index (χ1v) is 11.6. The molecule has 0 atom stereocenters. The van der Waals surface area contributed by atoms with Gasteiger partial charge in [-0.05, 0) is 48.6 Å². The second-order valence-corrected chi connectivity index (χ2v) is 9.71. The second kappa shape index (κ2) is 7.66. The van der Waals surface area contributed by atoms with Crippen molar-refractivity contribution in [2.75, 3.05) is 18.0 Å². The van der Waals surface area contributed by atoms with Gasteiger partial charge in [-0.25, -0.2) is 8.42 Å². The van der Waals surface area contributed by atoms with E-state index in [1.807, 2.05) is 22.4 Å². The highest BCUT2D eigenvalue weighted by molar-refractivity contribution is 7.91. The number of benzene rings is 1. The fourth-order valence-electron chi connectivity index (χ4n) is 3.18. The zero-order valence-corrected chi connectivity index (χ0v) is 17.0. The molecule has 5 nitrogen and oxygen atoms in total. The molecule has 0 aliphatic carbocycles. The van der Waals surface area contributed by atoms with Crippen LogP contribution < -0.4 is 4.90 Å². The summed E-state index contributed by atoms with van der Waals surface area (Å²) in [6.07, 6.45) is 4.30. The average molecular weight is 423 g/mol. The summed E-state index contributed by atoms with van der Waals surface area (Å²) in [5, 5.41) is 2.38. The van der Waals surface area contributed by atoms with Gasteiger partial charge in [-0.3, -0.25) is 0 Å². The highest BCUT2D eigenvalue weighted by Crippen LogP contribution is 2.37. The highest BCUT2D eigenvalue weighted by Gasteiger charge is 2.31. The standard InChI is InChI=1S/C19H19ClN2O3S2/c20-14-7-9-15(10-8-14)27(23,24)18-19(22-11-3-1-2-4-12-22)25-17(21-18)16-6-5-13-26-16/h5-10,13H,1-4,11-12H2. The molecule has 0 N–H and O–H groups in total. The van der Waals surface area contributed by atoms with Gasteiger partial charge in [0.25, 0.3) is 0 Å². The molecule has 0 bridgehead atoms. The van der Waals surface area contributed by atoms with Crippen molar-refractivity contribution in [2.24, 2.45) is 0 Å². The maximum absolute atomic E-state index is 13.3. The third kappa shape index (κ3) is 3.77. The van der Waals surface area contributed by atoms with Crippen LogP contribution in [0.4, 0.5) is 5.88 Å². The smallest absolute Gasteiger partial charge is 0.240 e. The van der Waals surface area contributed by atoms with Crippen molar-refractivity contribution in [1.29, 1.82) is 0 Å². The third-order valence-corrected chi connectivity index (χ3v) is 7.36. The molecule has 3 aromatic rings. The number of hydrogen-bond donors (Lipinski definition) is 0. The molecule has 27 heavy (non-hydrogen) atoms. The molecule has 142 valence electrons. The minimum Gasteiger partial charge on any atom is -0.418 e. The van der Waals surface area contributed by atoms with Crippen LogP contribution in [0.15, 0.2) is 56.1 Å². The molecule has 1 saturated heterocycles.